The topological polar surface area (TPSA) is 38.0 Å². The van der Waals surface area contributed by atoms with Gasteiger partial charge in [0, 0.05) is 22.7 Å². The zero-order valence-corrected chi connectivity index (χ0v) is 11.3. The molecule has 3 N–H and O–H groups in total. The molecule has 0 amide bonds. The summed E-state index contributed by atoms with van der Waals surface area (Å²) in [5.74, 6) is 0.853. The zero-order chi connectivity index (χ0) is 11.5. The minimum atomic E-state index is 0.595. The smallest absolute Gasteiger partial charge is 0.0399 e. The van der Waals surface area contributed by atoms with E-state index < -0.39 is 0 Å². The summed E-state index contributed by atoms with van der Waals surface area (Å²) in [5, 5.41) is 3.62. The first kappa shape index (κ1) is 11.9. The Labute approximate surface area is 106 Å². The summed E-state index contributed by atoms with van der Waals surface area (Å²) in [4.78, 5) is 0. The Morgan fingerprint density at radius 1 is 1.44 bits per heavy atom. The van der Waals surface area contributed by atoms with Crippen molar-refractivity contribution in [2.24, 2.45) is 11.7 Å². The van der Waals surface area contributed by atoms with Crippen LogP contribution in [0.1, 0.15) is 31.7 Å². The molecule has 2 rings (SSSR count). The number of benzene rings is 1. The molecule has 1 aromatic rings. The fourth-order valence-electron chi connectivity index (χ4n) is 2.42. The van der Waals surface area contributed by atoms with Gasteiger partial charge in [0.15, 0.2) is 0 Å². The Kier molecular flexibility index (Phi) is 3.87. The Balaban J connectivity index is 2.10. The summed E-state index contributed by atoms with van der Waals surface area (Å²) < 4.78 is 1.11. The molecule has 0 aromatic heterocycles. The maximum Gasteiger partial charge on any atom is 0.0399 e. The van der Waals surface area contributed by atoms with E-state index in [0.29, 0.717) is 12.6 Å². The molecule has 88 valence electrons. The van der Waals surface area contributed by atoms with Crippen molar-refractivity contribution in [3.63, 3.8) is 0 Å². The lowest BCUT2D eigenvalue weighted by Gasteiger charge is -2.17. The van der Waals surface area contributed by atoms with E-state index >= 15 is 0 Å². The van der Waals surface area contributed by atoms with Crippen LogP contribution in [0.5, 0.6) is 0 Å². The molecule has 1 aromatic carbocycles. The predicted octanol–water partition coefficient (Wildman–Crippen LogP) is 3.51. The molecular formula is C13H19BrN2. The lowest BCUT2D eigenvalue weighted by molar-refractivity contribution is 0.602. The molecule has 0 radical (unpaired) electrons. The first-order chi connectivity index (χ1) is 7.69. The van der Waals surface area contributed by atoms with Crippen molar-refractivity contribution >= 4 is 21.6 Å². The van der Waals surface area contributed by atoms with Crippen LogP contribution in [-0.4, -0.2) is 6.04 Å². The van der Waals surface area contributed by atoms with Gasteiger partial charge in [-0.05, 0) is 42.9 Å². The monoisotopic (exact) mass is 282 g/mol. The first-order valence-electron chi connectivity index (χ1n) is 5.94. The number of halogens is 1. The third kappa shape index (κ3) is 2.77. The van der Waals surface area contributed by atoms with E-state index in [9.17, 15) is 0 Å². The van der Waals surface area contributed by atoms with Crippen molar-refractivity contribution in [1.29, 1.82) is 0 Å². The maximum absolute atomic E-state index is 5.75. The van der Waals surface area contributed by atoms with E-state index in [-0.39, 0.29) is 0 Å². The molecule has 2 atom stereocenters. The first-order valence-corrected chi connectivity index (χ1v) is 6.73. The van der Waals surface area contributed by atoms with Crippen LogP contribution >= 0.6 is 15.9 Å². The van der Waals surface area contributed by atoms with E-state index in [4.69, 9.17) is 5.73 Å². The standard InChI is InChI=1S/C13H19BrN2/c1-9-2-5-12(6-9)16-13-7-11(14)4-3-10(13)8-15/h3-4,7,9,12,16H,2,5-6,8,15H2,1H3. The third-order valence-electron chi connectivity index (χ3n) is 3.35. The molecule has 2 unspecified atom stereocenters. The average Bonchev–Trinajstić information content (AvgIpc) is 2.64. The van der Waals surface area contributed by atoms with Crippen LogP contribution in [0.2, 0.25) is 0 Å². The number of nitrogens with two attached hydrogens (primary N) is 1. The Morgan fingerprint density at radius 3 is 2.88 bits per heavy atom. The minimum absolute atomic E-state index is 0.595. The molecule has 16 heavy (non-hydrogen) atoms. The van der Waals surface area contributed by atoms with Gasteiger partial charge in [-0.15, -0.1) is 0 Å². The predicted molar refractivity (Wildman–Crippen MR) is 72.5 cm³/mol. The normalized spacial score (nSPS) is 24.7. The van der Waals surface area contributed by atoms with Crippen LogP contribution in [0.3, 0.4) is 0 Å². The van der Waals surface area contributed by atoms with Crippen molar-refractivity contribution in [2.75, 3.05) is 5.32 Å². The second kappa shape index (κ2) is 5.19. The molecule has 0 bridgehead atoms. The van der Waals surface area contributed by atoms with Gasteiger partial charge < -0.3 is 11.1 Å². The van der Waals surface area contributed by atoms with Crippen LogP contribution in [0, 0.1) is 5.92 Å². The summed E-state index contributed by atoms with van der Waals surface area (Å²) in [5.41, 5.74) is 8.13. The van der Waals surface area contributed by atoms with Gasteiger partial charge in [0.2, 0.25) is 0 Å². The summed E-state index contributed by atoms with van der Waals surface area (Å²) >= 11 is 3.51. The summed E-state index contributed by atoms with van der Waals surface area (Å²) in [7, 11) is 0. The number of hydrogen-bond acceptors (Lipinski definition) is 2. The molecule has 0 aliphatic heterocycles. The summed E-state index contributed by atoms with van der Waals surface area (Å²) in [6.45, 7) is 2.92. The van der Waals surface area contributed by atoms with Gasteiger partial charge in [0.1, 0.15) is 0 Å². The van der Waals surface area contributed by atoms with Crippen LogP contribution < -0.4 is 11.1 Å². The SMILES string of the molecule is CC1CCC(Nc2cc(Br)ccc2CN)C1. The van der Waals surface area contributed by atoms with Gasteiger partial charge in [-0.3, -0.25) is 0 Å². The lowest BCUT2D eigenvalue weighted by atomic mass is 10.1. The maximum atomic E-state index is 5.75. The Hall–Kier alpha value is -0.540. The van der Waals surface area contributed by atoms with E-state index in [1.807, 2.05) is 6.07 Å². The second-order valence-electron chi connectivity index (χ2n) is 4.77. The Morgan fingerprint density at radius 2 is 2.25 bits per heavy atom. The number of hydrogen-bond donors (Lipinski definition) is 2. The number of nitrogens with one attached hydrogen (secondary N) is 1. The van der Waals surface area contributed by atoms with Gasteiger partial charge in [0.25, 0.3) is 0 Å². The van der Waals surface area contributed by atoms with Crippen molar-refractivity contribution in [3.05, 3.63) is 28.2 Å². The van der Waals surface area contributed by atoms with Crippen LogP contribution in [-0.2, 0) is 6.54 Å². The van der Waals surface area contributed by atoms with Crippen molar-refractivity contribution in [1.82, 2.24) is 0 Å². The third-order valence-corrected chi connectivity index (χ3v) is 3.84. The van der Waals surface area contributed by atoms with Crippen molar-refractivity contribution in [2.45, 2.75) is 38.8 Å². The van der Waals surface area contributed by atoms with Crippen LogP contribution in [0.4, 0.5) is 5.69 Å². The zero-order valence-electron chi connectivity index (χ0n) is 9.67. The fourth-order valence-corrected chi connectivity index (χ4v) is 2.78. The summed E-state index contributed by atoms with van der Waals surface area (Å²) in [6, 6.07) is 6.88. The van der Waals surface area contributed by atoms with Gasteiger partial charge in [0.05, 0.1) is 0 Å². The highest BCUT2D eigenvalue weighted by Gasteiger charge is 2.21. The van der Waals surface area contributed by atoms with Gasteiger partial charge in [-0.1, -0.05) is 28.9 Å². The van der Waals surface area contributed by atoms with E-state index in [2.05, 4.69) is 40.3 Å². The number of anilines is 1. The highest BCUT2D eigenvalue weighted by molar-refractivity contribution is 9.10. The molecule has 1 saturated carbocycles. The lowest BCUT2D eigenvalue weighted by Crippen LogP contribution is -2.17. The van der Waals surface area contributed by atoms with E-state index in [1.165, 1.54) is 30.5 Å². The quantitative estimate of drug-likeness (QED) is 0.891. The molecule has 1 aliphatic rings. The Bertz CT molecular complexity index is 365. The molecule has 2 nitrogen and oxygen atoms in total. The van der Waals surface area contributed by atoms with Gasteiger partial charge in [-0.2, -0.15) is 0 Å². The van der Waals surface area contributed by atoms with E-state index in [0.717, 1.165) is 10.4 Å². The molecule has 0 spiro atoms. The van der Waals surface area contributed by atoms with Crippen LogP contribution in [0.25, 0.3) is 0 Å². The molecule has 0 saturated heterocycles. The number of rotatable bonds is 3. The fraction of sp³-hybridized carbons (Fsp3) is 0.538. The highest BCUT2D eigenvalue weighted by atomic mass is 79.9. The largest absolute Gasteiger partial charge is 0.382 e. The van der Waals surface area contributed by atoms with E-state index in [1.54, 1.807) is 0 Å². The molecular weight excluding hydrogens is 264 g/mol. The van der Waals surface area contributed by atoms with Gasteiger partial charge in [-0.25, -0.2) is 0 Å². The second-order valence-corrected chi connectivity index (χ2v) is 5.68. The van der Waals surface area contributed by atoms with Crippen LogP contribution in [0.15, 0.2) is 22.7 Å². The van der Waals surface area contributed by atoms with Crippen molar-refractivity contribution in [3.8, 4) is 0 Å². The molecule has 3 heteroatoms. The minimum Gasteiger partial charge on any atom is -0.382 e. The van der Waals surface area contributed by atoms with Gasteiger partial charge >= 0.3 is 0 Å². The highest BCUT2D eigenvalue weighted by Crippen LogP contribution is 2.29. The van der Waals surface area contributed by atoms with Crippen molar-refractivity contribution < 1.29 is 0 Å². The molecule has 1 aliphatic carbocycles. The molecule has 0 heterocycles. The average molecular weight is 283 g/mol. The summed E-state index contributed by atoms with van der Waals surface area (Å²) in [6.07, 6.45) is 3.89. The molecule has 1 fully saturated rings.